The number of H-pyrrole nitrogens is 1. The lowest BCUT2D eigenvalue weighted by molar-refractivity contribution is 0.0951. The number of fused-ring (bicyclic) bond motifs is 1. The third-order valence-corrected chi connectivity index (χ3v) is 3.75. The van der Waals surface area contributed by atoms with Gasteiger partial charge in [-0.3, -0.25) is 9.59 Å². The summed E-state index contributed by atoms with van der Waals surface area (Å²) in [6.07, 6.45) is 1.54. The minimum Gasteiger partial charge on any atom is -0.461 e. The standard InChI is InChI=1S/C18H13N3O4/c22-17-9-13(12-4-1-2-5-14(12)20-17)18(23)19-10-11-8-16(25-21-11)15-6-3-7-24-15/h1-9H,10H2,(H,19,23)(H,20,22). The molecular weight excluding hydrogens is 322 g/mol. The summed E-state index contributed by atoms with van der Waals surface area (Å²) in [5, 5.41) is 7.33. The fraction of sp³-hybridized carbons (Fsp3) is 0.0556. The fourth-order valence-corrected chi connectivity index (χ4v) is 2.59. The number of carbonyl (C=O) groups excluding carboxylic acids is 1. The maximum Gasteiger partial charge on any atom is 0.252 e. The first-order valence-electron chi connectivity index (χ1n) is 7.60. The summed E-state index contributed by atoms with van der Waals surface area (Å²) in [4.78, 5) is 26.9. The number of carbonyl (C=O) groups is 1. The molecule has 0 saturated heterocycles. The smallest absolute Gasteiger partial charge is 0.252 e. The van der Waals surface area contributed by atoms with Gasteiger partial charge in [-0.1, -0.05) is 23.4 Å². The average molecular weight is 335 g/mol. The summed E-state index contributed by atoms with van der Waals surface area (Å²) in [6, 6.07) is 13.6. The van der Waals surface area contributed by atoms with Gasteiger partial charge in [0.25, 0.3) is 5.91 Å². The van der Waals surface area contributed by atoms with Crippen LogP contribution >= 0.6 is 0 Å². The van der Waals surface area contributed by atoms with Crippen LogP contribution in [0.5, 0.6) is 0 Å². The lowest BCUT2D eigenvalue weighted by atomic mass is 10.1. The molecule has 0 unspecified atom stereocenters. The Morgan fingerprint density at radius 3 is 2.84 bits per heavy atom. The van der Waals surface area contributed by atoms with E-state index in [1.54, 1.807) is 36.4 Å². The molecule has 3 aromatic heterocycles. The first-order valence-corrected chi connectivity index (χ1v) is 7.60. The van der Waals surface area contributed by atoms with Crippen LogP contribution in [0, 0.1) is 0 Å². The number of aromatic amines is 1. The number of pyridine rings is 1. The van der Waals surface area contributed by atoms with Crippen LogP contribution in [0.25, 0.3) is 22.4 Å². The minimum absolute atomic E-state index is 0.171. The predicted octanol–water partition coefficient (Wildman–Crippen LogP) is 2.71. The van der Waals surface area contributed by atoms with E-state index in [-0.39, 0.29) is 18.0 Å². The van der Waals surface area contributed by atoms with Crippen LogP contribution in [0.15, 0.2) is 68.5 Å². The SMILES string of the molecule is O=C(NCc1cc(-c2ccco2)on1)c1cc(=O)[nH]c2ccccc12. The quantitative estimate of drug-likeness (QED) is 0.597. The van der Waals surface area contributed by atoms with Crippen molar-refractivity contribution in [2.45, 2.75) is 6.54 Å². The number of amides is 1. The molecule has 3 heterocycles. The summed E-state index contributed by atoms with van der Waals surface area (Å²) in [5.74, 6) is 0.686. The highest BCUT2D eigenvalue weighted by atomic mass is 16.5. The van der Waals surface area contributed by atoms with Crippen molar-refractivity contribution < 1.29 is 13.7 Å². The summed E-state index contributed by atoms with van der Waals surface area (Å²) in [6.45, 7) is 0.171. The third-order valence-electron chi connectivity index (χ3n) is 3.75. The van der Waals surface area contributed by atoms with Gasteiger partial charge < -0.3 is 19.2 Å². The van der Waals surface area contributed by atoms with Gasteiger partial charge in [-0.2, -0.15) is 0 Å². The van der Waals surface area contributed by atoms with E-state index in [2.05, 4.69) is 15.5 Å². The summed E-state index contributed by atoms with van der Waals surface area (Å²) >= 11 is 0. The predicted molar refractivity (Wildman–Crippen MR) is 89.9 cm³/mol. The molecule has 124 valence electrons. The van der Waals surface area contributed by atoms with E-state index in [0.29, 0.717) is 33.7 Å². The maximum atomic E-state index is 12.5. The molecule has 0 aliphatic carbocycles. The molecular formula is C18H13N3O4. The van der Waals surface area contributed by atoms with Gasteiger partial charge in [0, 0.05) is 23.0 Å². The zero-order valence-corrected chi connectivity index (χ0v) is 13.0. The molecule has 0 saturated carbocycles. The molecule has 1 amide bonds. The molecule has 7 nitrogen and oxygen atoms in total. The van der Waals surface area contributed by atoms with E-state index in [9.17, 15) is 9.59 Å². The maximum absolute atomic E-state index is 12.5. The lowest BCUT2D eigenvalue weighted by Gasteiger charge is -2.06. The van der Waals surface area contributed by atoms with E-state index in [0.717, 1.165) is 0 Å². The molecule has 7 heteroatoms. The van der Waals surface area contributed by atoms with Crippen LogP contribution < -0.4 is 10.9 Å². The molecule has 0 aliphatic heterocycles. The van der Waals surface area contributed by atoms with Crippen molar-refractivity contribution in [2.24, 2.45) is 0 Å². The topological polar surface area (TPSA) is 101 Å². The van der Waals surface area contributed by atoms with Crippen molar-refractivity contribution in [2.75, 3.05) is 0 Å². The molecule has 2 N–H and O–H groups in total. The van der Waals surface area contributed by atoms with Crippen LogP contribution in [0.3, 0.4) is 0 Å². The van der Waals surface area contributed by atoms with Crippen molar-refractivity contribution in [1.29, 1.82) is 0 Å². The Balaban J connectivity index is 1.54. The first-order chi connectivity index (χ1) is 12.2. The zero-order chi connectivity index (χ0) is 17.2. The molecule has 0 bridgehead atoms. The molecule has 0 atom stereocenters. The molecule has 0 fully saturated rings. The number of furan rings is 1. The second-order valence-electron chi connectivity index (χ2n) is 5.44. The van der Waals surface area contributed by atoms with Crippen LogP contribution in [-0.2, 0) is 6.54 Å². The number of rotatable bonds is 4. The van der Waals surface area contributed by atoms with Crippen LogP contribution in [0.4, 0.5) is 0 Å². The van der Waals surface area contributed by atoms with E-state index in [1.165, 1.54) is 12.3 Å². The Morgan fingerprint density at radius 1 is 1.12 bits per heavy atom. The Kier molecular flexibility index (Phi) is 3.66. The Labute approximate surface area is 141 Å². The normalized spacial score (nSPS) is 10.9. The Bertz CT molecular complexity index is 1090. The number of para-hydroxylation sites is 1. The average Bonchev–Trinajstić information content (AvgIpc) is 3.30. The highest BCUT2D eigenvalue weighted by Crippen LogP contribution is 2.20. The summed E-state index contributed by atoms with van der Waals surface area (Å²) < 4.78 is 10.4. The van der Waals surface area contributed by atoms with E-state index < -0.39 is 0 Å². The van der Waals surface area contributed by atoms with E-state index >= 15 is 0 Å². The second kappa shape index (κ2) is 6.12. The van der Waals surface area contributed by atoms with Crippen molar-refractivity contribution in [3.8, 4) is 11.5 Å². The van der Waals surface area contributed by atoms with Crippen LogP contribution in [0.1, 0.15) is 16.1 Å². The molecule has 1 aromatic carbocycles. The number of hydrogen-bond acceptors (Lipinski definition) is 5. The Hall–Kier alpha value is -3.61. The van der Waals surface area contributed by atoms with Gasteiger partial charge in [-0.25, -0.2) is 0 Å². The van der Waals surface area contributed by atoms with Gasteiger partial charge in [-0.15, -0.1) is 0 Å². The minimum atomic E-state index is -0.357. The molecule has 4 aromatic rings. The number of benzene rings is 1. The van der Waals surface area contributed by atoms with Gasteiger partial charge >= 0.3 is 0 Å². The highest BCUT2D eigenvalue weighted by molar-refractivity contribution is 6.05. The van der Waals surface area contributed by atoms with E-state index in [4.69, 9.17) is 8.94 Å². The van der Waals surface area contributed by atoms with Crippen molar-refractivity contribution in [3.05, 3.63) is 76.4 Å². The molecule has 0 spiro atoms. The van der Waals surface area contributed by atoms with Gasteiger partial charge in [-0.05, 0) is 18.2 Å². The van der Waals surface area contributed by atoms with Gasteiger partial charge in [0.05, 0.1) is 18.4 Å². The van der Waals surface area contributed by atoms with Crippen LogP contribution in [0.2, 0.25) is 0 Å². The van der Waals surface area contributed by atoms with E-state index in [1.807, 2.05) is 6.07 Å². The number of hydrogen-bond donors (Lipinski definition) is 2. The second-order valence-corrected chi connectivity index (χ2v) is 5.44. The van der Waals surface area contributed by atoms with Crippen molar-refractivity contribution in [1.82, 2.24) is 15.5 Å². The molecule has 0 radical (unpaired) electrons. The molecule has 25 heavy (non-hydrogen) atoms. The Morgan fingerprint density at radius 2 is 2.00 bits per heavy atom. The van der Waals surface area contributed by atoms with Gasteiger partial charge in [0.15, 0.2) is 5.76 Å². The van der Waals surface area contributed by atoms with Crippen molar-refractivity contribution >= 4 is 16.8 Å². The van der Waals surface area contributed by atoms with Gasteiger partial charge in [0.2, 0.25) is 11.3 Å². The zero-order valence-electron chi connectivity index (χ0n) is 13.0. The third kappa shape index (κ3) is 2.94. The van der Waals surface area contributed by atoms with Gasteiger partial charge in [0.1, 0.15) is 5.69 Å². The summed E-state index contributed by atoms with van der Waals surface area (Å²) in [5.41, 5.74) is 1.15. The number of nitrogens with zero attached hydrogens (tertiary/aromatic N) is 1. The molecule has 4 rings (SSSR count). The number of aromatic nitrogens is 2. The molecule has 0 aliphatic rings. The fourth-order valence-electron chi connectivity index (χ4n) is 2.59. The summed E-state index contributed by atoms with van der Waals surface area (Å²) in [7, 11) is 0. The highest BCUT2D eigenvalue weighted by Gasteiger charge is 2.13. The largest absolute Gasteiger partial charge is 0.461 e. The van der Waals surface area contributed by atoms with Crippen LogP contribution in [-0.4, -0.2) is 16.0 Å². The first kappa shape index (κ1) is 14.9. The monoisotopic (exact) mass is 335 g/mol. The number of nitrogens with one attached hydrogen (secondary N) is 2. The lowest BCUT2D eigenvalue weighted by Crippen LogP contribution is -2.25. The van der Waals surface area contributed by atoms with Crippen molar-refractivity contribution in [3.63, 3.8) is 0 Å².